The van der Waals surface area contributed by atoms with Crippen LogP contribution in [0.2, 0.25) is 0 Å². The highest BCUT2D eigenvalue weighted by molar-refractivity contribution is 14.0. The standard InChI is InChI=1S/C19H21FN4.HI/c20-16-8-6-15(7-9-16)14-24-18-5-2-1-4-17(18)22-19(24)23-12-3-10-21-11-13-23;/h1-2,4-9,21H,3,10-14H2;1H. The number of rotatable bonds is 3. The van der Waals surface area contributed by atoms with Crippen molar-refractivity contribution in [3.63, 3.8) is 0 Å². The summed E-state index contributed by atoms with van der Waals surface area (Å²) in [6.07, 6.45) is 1.11. The molecule has 4 nitrogen and oxygen atoms in total. The highest BCUT2D eigenvalue weighted by Crippen LogP contribution is 2.24. The predicted octanol–water partition coefficient (Wildman–Crippen LogP) is 3.64. The van der Waals surface area contributed by atoms with E-state index in [0.717, 1.165) is 55.1 Å². The summed E-state index contributed by atoms with van der Waals surface area (Å²) in [5.41, 5.74) is 3.20. The number of benzene rings is 2. The Morgan fingerprint density at radius 2 is 1.80 bits per heavy atom. The summed E-state index contributed by atoms with van der Waals surface area (Å²) in [5, 5.41) is 3.44. The maximum absolute atomic E-state index is 13.2. The van der Waals surface area contributed by atoms with Gasteiger partial charge < -0.3 is 14.8 Å². The van der Waals surface area contributed by atoms with Crippen LogP contribution in [0.15, 0.2) is 48.5 Å². The number of anilines is 1. The number of nitrogens with one attached hydrogen (secondary N) is 1. The monoisotopic (exact) mass is 452 g/mol. The SMILES string of the molecule is Fc1ccc(Cn2c(N3CCCNCC3)nc3ccccc32)cc1.I. The van der Waals surface area contributed by atoms with Crippen LogP contribution in [0, 0.1) is 5.82 Å². The molecule has 1 aromatic heterocycles. The van der Waals surface area contributed by atoms with Crippen molar-refractivity contribution in [2.75, 3.05) is 31.1 Å². The van der Waals surface area contributed by atoms with E-state index >= 15 is 0 Å². The minimum atomic E-state index is -0.201. The van der Waals surface area contributed by atoms with Crippen molar-refractivity contribution in [3.05, 3.63) is 59.9 Å². The Kier molecular flexibility index (Phi) is 5.90. The van der Waals surface area contributed by atoms with Gasteiger partial charge in [-0.25, -0.2) is 9.37 Å². The van der Waals surface area contributed by atoms with E-state index in [1.54, 1.807) is 0 Å². The molecular formula is C19H22FIN4. The molecule has 1 N–H and O–H groups in total. The Labute approximate surface area is 164 Å². The lowest BCUT2D eigenvalue weighted by Gasteiger charge is -2.22. The number of nitrogens with zero attached hydrogens (tertiary/aromatic N) is 3. The van der Waals surface area contributed by atoms with Crippen LogP contribution in [0.3, 0.4) is 0 Å². The van der Waals surface area contributed by atoms with Crippen LogP contribution in [0.4, 0.5) is 10.3 Å². The van der Waals surface area contributed by atoms with Crippen molar-refractivity contribution in [1.82, 2.24) is 14.9 Å². The van der Waals surface area contributed by atoms with E-state index < -0.39 is 0 Å². The topological polar surface area (TPSA) is 33.1 Å². The Hall–Kier alpha value is -1.67. The van der Waals surface area contributed by atoms with E-state index in [1.807, 2.05) is 24.3 Å². The van der Waals surface area contributed by atoms with Crippen LogP contribution in [-0.2, 0) is 6.54 Å². The van der Waals surface area contributed by atoms with E-state index in [-0.39, 0.29) is 29.8 Å². The lowest BCUT2D eigenvalue weighted by Crippen LogP contribution is -2.30. The molecule has 132 valence electrons. The fraction of sp³-hybridized carbons (Fsp3) is 0.316. The minimum Gasteiger partial charge on any atom is -0.341 e. The molecule has 25 heavy (non-hydrogen) atoms. The van der Waals surface area contributed by atoms with Gasteiger partial charge in [-0.3, -0.25) is 0 Å². The van der Waals surface area contributed by atoms with Crippen molar-refractivity contribution in [2.45, 2.75) is 13.0 Å². The molecule has 1 saturated heterocycles. The van der Waals surface area contributed by atoms with Crippen LogP contribution < -0.4 is 10.2 Å². The summed E-state index contributed by atoms with van der Waals surface area (Å²) >= 11 is 0. The normalized spacial score (nSPS) is 15.0. The molecule has 0 saturated carbocycles. The summed E-state index contributed by atoms with van der Waals surface area (Å²) in [6, 6.07) is 14.9. The molecule has 1 aliphatic heterocycles. The van der Waals surface area contributed by atoms with Crippen LogP contribution in [0.1, 0.15) is 12.0 Å². The Balaban J connectivity index is 0.00000182. The number of halogens is 2. The second-order valence-electron chi connectivity index (χ2n) is 6.20. The van der Waals surface area contributed by atoms with Crippen molar-refractivity contribution < 1.29 is 4.39 Å². The van der Waals surface area contributed by atoms with Crippen LogP contribution in [-0.4, -0.2) is 35.7 Å². The lowest BCUT2D eigenvalue weighted by atomic mass is 10.2. The molecule has 1 aliphatic rings. The molecule has 0 amide bonds. The highest BCUT2D eigenvalue weighted by atomic mass is 127. The molecule has 0 radical (unpaired) electrons. The van der Waals surface area contributed by atoms with Crippen molar-refractivity contribution >= 4 is 41.0 Å². The van der Waals surface area contributed by atoms with Gasteiger partial charge in [0.05, 0.1) is 17.6 Å². The fourth-order valence-electron chi connectivity index (χ4n) is 3.28. The Morgan fingerprint density at radius 1 is 1.00 bits per heavy atom. The van der Waals surface area contributed by atoms with Gasteiger partial charge in [-0.05, 0) is 42.8 Å². The van der Waals surface area contributed by atoms with Gasteiger partial charge in [-0.15, -0.1) is 24.0 Å². The van der Waals surface area contributed by atoms with Crippen LogP contribution >= 0.6 is 24.0 Å². The Bertz CT molecular complexity index is 823. The first kappa shape index (κ1) is 18.1. The van der Waals surface area contributed by atoms with Gasteiger partial charge >= 0.3 is 0 Å². The van der Waals surface area contributed by atoms with Gasteiger partial charge in [-0.2, -0.15) is 0 Å². The molecule has 0 unspecified atom stereocenters. The molecule has 0 aliphatic carbocycles. The maximum atomic E-state index is 13.2. The number of para-hydroxylation sites is 2. The molecule has 1 fully saturated rings. The van der Waals surface area contributed by atoms with E-state index in [4.69, 9.17) is 4.98 Å². The van der Waals surface area contributed by atoms with Crippen LogP contribution in [0.5, 0.6) is 0 Å². The molecule has 2 heterocycles. The van der Waals surface area contributed by atoms with E-state index in [2.05, 4.69) is 26.9 Å². The first-order valence-electron chi connectivity index (χ1n) is 8.47. The van der Waals surface area contributed by atoms with Gasteiger partial charge in [0.2, 0.25) is 5.95 Å². The first-order chi connectivity index (χ1) is 11.8. The fourth-order valence-corrected chi connectivity index (χ4v) is 3.28. The maximum Gasteiger partial charge on any atom is 0.206 e. The second-order valence-corrected chi connectivity index (χ2v) is 6.20. The molecule has 4 rings (SSSR count). The van der Waals surface area contributed by atoms with Gasteiger partial charge in [0.15, 0.2) is 0 Å². The molecule has 0 spiro atoms. The third kappa shape index (κ3) is 3.95. The number of hydrogen-bond acceptors (Lipinski definition) is 3. The van der Waals surface area contributed by atoms with E-state index in [0.29, 0.717) is 6.54 Å². The number of aromatic nitrogens is 2. The van der Waals surface area contributed by atoms with Gasteiger partial charge in [0.1, 0.15) is 5.82 Å². The molecule has 3 aromatic rings. The summed E-state index contributed by atoms with van der Waals surface area (Å²) in [7, 11) is 0. The van der Waals surface area contributed by atoms with Crippen molar-refractivity contribution in [3.8, 4) is 0 Å². The second kappa shape index (κ2) is 8.14. The van der Waals surface area contributed by atoms with Crippen molar-refractivity contribution in [1.29, 1.82) is 0 Å². The van der Waals surface area contributed by atoms with Gasteiger partial charge in [-0.1, -0.05) is 24.3 Å². The summed E-state index contributed by atoms with van der Waals surface area (Å²) in [5.74, 6) is 0.803. The zero-order valence-corrected chi connectivity index (χ0v) is 16.3. The minimum absolute atomic E-state index is 0. The zero-order chi connectivity index (χ0) is 16.4. The molecule has 2 aromatic carbocycles. The van der Waals surface area contributed by atoms with Crippen LogP contribution in [0.25, 0.3) is 11.0 Å². The largest absolute Gasteiger partial charge is 0.341 e. The molecule has 6 heteroatoms. The third-order valence-electron chi connectivity index (χ3n) is 4.51. The molecule has 0 atom stereocenters. The molecule has 0 bridgehead atoms. The lowest BCUT2D eigenvalue weighted by molar-refractivity contribution is 0.626. The number of hydrogen-bond donors (Lipinski definition) is 1. The zero-order valence-electron chi connectivity index (χ0n) is 14.0. The van der Waals surface area contributed by atoms with Gasteiger partial charge in [0.25, 0.3) is 0 Å². The average molecular weight is 452 g/mol. The smallest absolute Gasteiger partial charge is 0.206 e. The average Bonchev–Trinajstić information content (AvgIpc) is 2.78. The highest BCUT2D eigenvalue weighted by Gasteiger charge is 2.18. The van der Waals surface area contributed by atoms with E-state index in [1.165, 1.54) is 12.1 Å². The third-order valence-corrected chi connectivity index (χ3v) is 4.51. The van der Waals surface area contributed by atoms with E-state index in [9.17, 15) is 4.39 Å². The Morgan fingerprint density at radius 3 is 2.64 bits per heavy atom. The van der Waals surface area contributed by atoms with Crippen molar-refractivity contribution in [2.24, 2.45) is 0 Å². The van der Waals surface area contributed by atoms with Gasteiger partial charge in [0, 0.05) is 19.6 Å². The molecular weight excluding hydrogens is 430 g/mol. The summed E-state index contributed by atoms with van der Waals surface area (Å²) < 4.78 is 15.4. The predicted molar refractivity (Wildman–Crippen MR) is 110 cm³/mol. The number of fused-ring (bicyclic) bond motifs is 1. The number of imidazole rings is 1. The summed E-state index contributed by atoms with van der Waals surface area (Å²) in [6.45, 7) is 4.67. The quantitative estimate of drug-likeness (QED) is 0.617. The first-order valence-corrected chi connectivity index (χ1v) is 8.47. The summed E-state index contributed by atoms with van der Waals surface area (Å²) in [4.78, 5) is 7.23.